The molecule has 0 amide bonds. The Morgan fingerprint density at radius 1 is 1.40 bits per heavy atom. The molecule has 1 atom stereocenters. The molecule has 2 heteroatoms. The lowest BCUT2D eigenvalue weighted by molar-refractivity contribution is -0.153. The first-order chi connectivity index (χ1) is 6.76. The number of allylic oxidation sites excluding steroid dienone is 1. The largest absolute Gasteiger partial charge is 0.458 e. The summed E-state index contributed by atoms with van der Waals surface area (Å²) in [6, 6.07) is 0. The molecule has 0 radical (unpaired) electrons. The zero-order valence-corrected chi connectivity index (χ0v) is 10.3. The Morgan fingerprint density at radius 2 is 1.93 bits per heavy atom. The highest BCUT2D eigenvalue weighted by Gasteiger charge is 2.46. The van der Waals surface area contributed by atoms with Crippen LogP contribution in [0.25, 0.3) is 0 Å². The first-order valence-corrected chi connectivity index (χ1v) is 5.30. The maximum atomic E-state index is 11.4. The van der Waals surface area contributed by atoms with Gasteiger partial charge in [0.05, 0.1) is 0 Å². The van der Waals surface area contributed by atoms with Crippen molar-refractivity contribution in [2.24, 2.45) is 5.41 Å². The van der Waals surface area contributed by atoms with Crippen LogP contribution in [0.3, 0.4) is 0 Å². The maximum Gasteiger partial charge on any atom is 0.333 e. The lowest BCUT2D eigenvalue weighted by atomic mass is 9.63. The van der Waals surface area contributed by atoms with Crippen LogP contribution in [0, 0.1) is 5.41 Å². The van der Waals surface area contributed by atoms with Gasteiger partial charge >= 0.3 is 5.97 Å². The van der Waals surface area contributed by atoms with Gasteiger partial charge in [0.15, 0.2) is 0 Å². The van der Waals surface area contributed by atoms with Crippen LogP contribution in [-0.4, -0.2) is 12.1 Å². The normalized spacial score (nSPS) is 23.0. The predicted molar refractivity (Wildman–Crippen MR) is 61.5 cm³/mol. The molecule has 15 heavy (non-hydrogen) atoms. The van der Waals surface area contributed by atoms with E-state index in [0.29, 0.717) is 5.57 Å². The fraction of sp³-hybridized carbons (Fsp3) is 0.615. The minimum atomic E-state index is -0.277. The summed E-state index contributed by atoms with van der Waals surface area (Å²) < 4.78 is 5.37. The van der Waals surface area contributed by atoms with Crippen molar-refractivity contribution in [2.75, 3.05) is 0 Å². The van der Waals surface area contributed by atoms with Gasteiger partial charge in [-0.1, -0.05) is 31.6 Å². The van der Waals surface area contributed by atoms with E-state index >= 15 is 0 Å². The van der Waals surface area contributed by atoms with Crippen LogP contribution in [0.15, 0.2) is 23.3 Å². The summed E-state index contributed by atoms with van der Waals surface area (Å²) in [4.78, 5) is 11.4. The zero-order chi connectivity index (χ0) is 11.8. The quantitative estimate of drug-likeness (QED) is 0.395. The van der Waals surface area contributed by atoms with Crippen molar-refractivity contribution in [2.45, 2.75) is 47.1 Å². The number of rotatable bonds is 2. The van der Waals surface area contributed by atoms with Crippen molar-refractivity contribution in [1.29, 1.82) is 0 Å². The molecular formula is C13H20O2. The van der Waals surface area contributed by atoms with E-state index in [9.17, 15) is 4.79 Å². The molecule has 0 saturated heterocycles. The first-order valence-electron chi connectivity index (χ1n) is 5.30. The van der Waals surface area contributed by atoms with E-state index in [-0.39, 0.29) is 17.5 Å². The minimum Gasteiger partial charge on any atom is -0.458 e. The van der Waals surface area contributed by atoms with E-state index in [0.717, 1.165) is 6.42 Å². The van der Waals surface area contributed by atoms with E-state index in [1.807, 2.05) is 0 Å². The fourth-order valence-corrected chi connectivity index (χ4v) is 2.03. The van der Waals surface area contributed by atoms with Crippen molar-refractivity contribution in [3.63, 3.8) is 0 Å². The number of hydrogen-bond donors (Lipinski definition) is 0. The van der Waals surface area contributed by atoms with Crippen molar-refractivity contribution >= 4 is 5.97 Å². The van der Waals surface area contributed by atoms with Gasteiger partial charge in [0.1, 0.15) is 6.10 Å². The van der Waals surface area contributed by atoms with Crippen molar-refractivity contribution < 1.29 is 9.53 Å². The van der Waals surface area contributed by atoms with Gasteiger partial charge in [-0.05, 0) is 20.8 Å². The van der Waals surface area contributed by atoms with Crippen LogP contribution < -0.4 is 0 Å². The maximum absolute atomic E-state index is 11.4. The van der Waals surface area contributed by atoms with Gasteiger partial charge in [0.2, 0.25) is 0 Å². The van der Waals surface area contributed by atoms with Crippen LogP contribution in [0.4, 0.5) is 0 Å². The third kappa shape index (κ3) is 2.14. The lowest BCUT2D eigenvalue weighted by Gasteiger charge is -2.47. The first kappa shape index (κ1) is 12.0. The van der Waals surface area contributed by atoms with Crippen LogP contribution in [0.5, 0.6) is 0 Å². The topological polar surface area (TPSA) is 26.3 Å². The van der Waals surface area contributed by atoms with Gasteiger partial charge in [0.25, 0.3) is 0 Å². The zero-order valence-electron chi connectivity index (χ0n) is 10.3. The second kappa shape index (κ2) is 3.84. The molecule has 1 fully saturated rings. The average Bonchev–Trinajstić information content (AvgIpc) is 2.10. The Balaban J connectivity index is 2.69. The van der Waals surface area contributed by atoms with Crippen LogP contribution in [0.1, 0.15) is 41.0 Å². The Labute approximate surface area is 92.0 Å². The van der Waals surface area contributed by atoms with Gasteiger partial charge in [-0.2, -0.15) is 0 Å². The predicted octanol–water partition coefficient (Wildman–Crippen LogP) is 3.24. The van der Waals surface area contributed by atoms with E-state index < -0.39 is 0 Å². The molecule has 0 aliphatic heterocycles. The third-order valence-corrected chi connectivity index (χ3v) is 3.17. The number of carbonyl (C=O) groups excluding carboxylic acids is 1. The molecular weight excluding hydrogens is 188 g/mol. The molecule has 0 aromatic rings. The summed E-state index contributed by atoms with van der Waals surface area (Å²) in [6.07, 6.45) is 0.876. The molecule has 0 aromatic heterocycles. The molecule has 1 aliphatic carbocycles. The number of hydrogen-bond acceptors (Lipinski definition) is 2. The highest BCUT2D eigenvalue weighted by atomic mass is 16.5. The Hall–Kier alpha value is -1.05. The Kier molecular flexibility index (Phi) is 3.08. The Morgan fingerprint density at radius 3 is 2.27 bits per heavy atom. The van der Waals surface area contributed by atoms with Crippen molar-refractivity contribution in [1.82, 2.24) is 0 Å². The second-order valence-electron chi connectivity index (χ2n) is 5.08. The monoisotopic (exact) mass is 208 g/mol. The lowest BCUT2D eigenvalue weighted by Crippen LogP contribution is -2.46. The smallest absolute Gasteiger partial charge is 0.333 e. The van der Waals surface area contributed by atoms with E-state index in [4.69, 9.17) is 4.74 Å². The number of ether oxygens (including phenoxy) is 1. The molecule has 84 valence electrons. The third-order valence-electron chi connectivity index (χ3n) is 3.17. The highest BCUT2D eigenvalue weighted by Crippen LogP contribution is 2.49. The van der Waals surface area contributed by atoms with Crippen molar-refractivity contribution in [3.05, 3.63) is 23.3 Å². The molecule has 0 spiro atoms. The average molecular weight is 208 g/mol. The van der Waals surface area contributed by atoms with Gasteiger partial charge in [-0.25, -0.2) is 4.79 Å². The van der Waals surface area contributed by atoms with Crippen LogP contribution >= 0.6 is 0 Å². The summed E-state index contributed by atoms with van der Waals surface area (Å²) in [5, 5.41) is 0. The van der Waals surface area contributed by atoms with Gasteiger partial charge in [-0.15, -0.1) is 0 Å². The minimum absolute atomic E-state index is 0.00611. The summed E-state index contributed by atoms with van der Waals surface area (Å²) in [7, 11) is 0. The summed E-state index contributed by atoms with van der Waals surface area (Å²) in [5.41, 5.74) is 3.20. The Bertz CT molecular complexity index is 330. The van der Waals surface area contributed by atoms with Gasteiger partial charge in [-0.3, -0.25) is 0 Å². The highest BCUT2D eigenvalue weighted by molar-refractivity contribution is 5.87. The number of esters is 1. The van der Waals surface area contributed by atoms with E-state index in [1.54, 1.807) is 6.92 Å². The SMILES string of the molecule is C=C(C)C(=O)OC1CC(=C(C)C)C1(C)C. The molecule has 0 N–H and O–H groups in total. The summed E-state index contributed by atoms with van der Waals surface area (Å²) in [5.74, 6) is -0.277. The molecule has 0 bridgehead atoms. The van der Waals surface area contributed by atoms with E-state index in [1.165, 1.54) is 11.1 Å². The molecule has 0 heterocycles. The molecule has 1 aliphatic rings. The standard InChI is InChI=1S/C13H20O2/c1-8(2)10-7-11(13(10,5)6)15-12(14)9(3)4/h11H,3,7H2,1-2,4-6H3. The summed E-state index contributed by atoms with van der Waals surface area (Å²) in [6.45, 7) is 13.7. The fourth-order valence-electron chi connectivity index (χ4n) is 2.03. The molecule has 1 rings (SSSR count). The number of carbonyl (C=O) groups is 1. The second-order valence-corrected chi connectivity index (χ2v) is 5.08. The molecule has 1 unspecified atom stereocenters. The van der Waals surface area contributed by atoms with Gasteiger partial charge in [0, 0.05) is 17.4 Å². The molecule has 1 saturated carbocycles. The van der Waals surface area contributed by atoms with E-state index in [2.05, 4.69) is 34.3 Å². The molecule has 2 nitrogen and oxygen atoms in total. The van der Waals surface area contributed by atoms with Crippen LogP contribution in [0.2, 0.25) is 0 Å². The van der Waals surface area contributed by atoms with Gasteiger partial charge < -0.3 is 4.74 Å². The van der Waals surface area contributed by atoms with Crippen LogP contribution in [-0.2, 0) is 9.53 Å². The van der Waals surface area contributed by atoms with Crippen molar-refractivity contribution in [3.8, 4) is 0 Å². The summed E-state index contributed by atoms with van der Waals surface area (Å²) >= 11 is 0. The molecule has 0 aromatic carbocycles.